The van der Waals surface area contributed by atoms with Crippen LogP contribution >= 0.6 is 0 Å². The molecule has 0 saturated carbocycles. The van der Waals surface area contributed by atoms with Crippen LogP contribution in [-0.4, -0.2) is 33.1 Å². The number of imidazole rings is 1. The van der Waals surface area contributed by atoms with E-state index in [1.807, 2.05) is 0 Å². The van der Waals surface area contributed by atoms with Gasteiger partial charge >= 0.3 is 5.82 Å². The van der Waals surface area contributed by atoms with Crippen molar-refractivity contribution in [1.29, 1.82) is 5.26 Å². The molecule has 124 valence electrons. The molecule has 0 saturated heterocycles. The minimum Gasteiger partial charge on any atom is -0.358 e. The molecule has 0 atom stereocenters. The third-order valence-electron chi connectivity index (χ3n) is 2.96. The summed E-state index contributed by atoms with van der Waals surface area (Å²) in [5, 5.41) is 25.8. The molecule has 0 radical (unpaired) electrons. The minimum absolute atomic E-state index is 0.171. The zero-order valence-corrected chi connectivity index (χ0v) is 12.8. The number of carbonyl (C=O) groups excluding carboxylic acids is 1. The van der Waals surface area contributed by atoms with E-state index >= 15 is 0 Å². The number of nitro groups is 1. The van der Waals surface area contributed by atoms with Crippen molar-refractivity contribution in [1.82, 2.24) is 15.3 Å². The van der Waals surface area contributed by atoms with Gasteiger partial charge in [-0.25, -0.2) is 4.98 Å². The zero-order chi connectivity index (χ0) is 17.1. The number of nitrogens with one attached hydrogen (secondary N) is 3. The van der Waals surface area contributed by atoms with Gasteiger partial charge in [0.25, 0.3) is 5.91 Å². The van der Waals surface area contributed by atoms with Crippen molar-refractivity contribution in [2.75, 3.05) is 12.0 Å². The van der Waals surface area contributed by atoms with Crippen molar-refractivity contribution in [2.45, 2.75) is 39.0 Å². The van der Waals surface area contributed by atoms with Gasteiger partial charge in [-0.2, -0.15) is 15.3 Å². The van der Waals surface area contributed by atoms with Gasteiger partial charge < -0.3 is 15.4 Å². The van der Waals surface area contributed by atoms with E-state index < -0.39 is 22.4 Å². The van der Waals surface area contributed by atoms with Crippen LogP contribution < -0.4 is 10.7 Å². The Balaban J connectivity index is 2.48. The topological polar surface area (TPSA) is 149 Å². The largest absolute Gasteiger partial charge is 0.366 e. The van der Waals surface area contributed by atoms with Crippen LogP contribution in [0.4, 0.5) is 11.6 Å². The van der Waals surface area contributed by atoms with Gasteiger partial charge in [-0.05, 0) is 11.3 Å². The lowest BCUT2D eigenvalue weighted by atomic mass is 10.1. The number of H-pyrrole nitrogens is 1. The Bertz CT molecular complexity index is 603. The Kier molecular flexibility index (Phi) is 7.77. The van der Waals surface area contributed by atoms with Crippen LogP contribution in [0.3, 0.4) is 0 Å². The molecular formula is C13H19N7O3. The third-order valence-corrected chi connectivity index (χ3v) is 2.96. The van der Waals surface area contributed by atoms with E-state index in [4.69, 9.17) is 5.26 Å². The van der Waals surface area contributed by atoms with E-state index in [0.717, 1.165) is 38.4 Å². The van der Waals surface area contributed by atoms with E-state index in [2.05, 4.69) is 32.7 Å². The second kappa shape index (κ2) is 9.88. The lowest BCUT2D eigenvalue weighted by molar-refractivity contribution is -0.388. The number of aromatic nitrogens is 2. The number of carbonyl (C=O) groups is 1. The maximum atomic E-state index is 11.8. The van der Waals surface area contributed by atoms with Crippen molar-refractivity contribution in [3.63, 3.8) is 0 Å². The monoisotopic (exact) mass is 321 g/mol. The fourth-order valence-electron chi connectivity index (χ4n) is 1.76. The summed E-state index contributed by atoms with van der Waals surface area (Å²) in [6, 6.07) is 1.64. The van der Waals surface area contributed by atoms with Crippen molar-refractivity contribution in [3.8, 4) is 6.07 Å². The van der Waals surface area contributed by atoms with Crippen LogP contribution in [0.1, 0.15) is 39.0 Å². The van der Waals surface area contributed by atoms with Crippen molar-refractivity contribution >= 4 is 23.3 Å². The molecule has 0 aliphatic carbocycles. The number of amides is 1. The number of unbranched alkanes of at least 4 members (excludes halogenated alkanes) is 4. The Morgan fingerprint density at radius 3 is 2.87 bits per heavy atom. The van der Waals surface area contributed by atoms with E-state index in [0.29, 0.717) is 6.54 Å². The molecule has 0 aromatic carbocycles. The molecule has 1 aromatic heterocycles. The van der Waals surface area contributed by atoms with Gasteiger partial charge in [0.2, 0.25) is 11.5 Å². The molecule has 0 fully saturated rings. The maximum absolute atomic E-state index is 11.8. The van der Waals surface area contributed by atoms with Gasteiger partial charge in [0.05, 0.1) is 0 Å². The number of nitrogens with zero attached hydrogens (tertiary/aromatic N) is 4. The predicted molar refractivity (Wildman–Crippen MR) is 83.7 cm³/mol. The summed E-state index contributed by atoms with van der Waals surface area (Å²) in [5.74, 6) is -1.20. The van der Waals surface area contributed by atoms with Gasteiger partial charge in [-0.15, -0.1) is 0 Å². The normalized spacial score (nSPS) is 10.9. The molecular weight excluding hydrogens is 302 g/mol. The van der Waals surface area contributed by atoms with Gasteiger partial charge in [-0.3, -0.25) is 10.2 Å². The molecule has 1 heterocycles. The quantitative estimate of drug-likeness (QED) is 0.258. The lowest BCUT2D eigenvalue weighted by Gasteiger charge is -2.03. The number of hydrogen-bond acceptors (Lipinski definition) is 7. The van der Waals surface area contributed by atoms with Gasteiger partial charge in [0, 0.05) is 6.54 Å². The first-order valence-corrected chi connectivity index (χ1v) is 7.29. The average molecular weight is 321 g/mol. The number of nitriles is 1. The van der Waals surface area contributed by atoms with Crippen molar-refractivity contribution in [3.05, 3.63) is 16.4 Å². The van der Waals surface area contributed by atoms with E-state index in [-0.39, 0.29) is 5.82 Å². The van der Waals surface area contributed by atoms with E-state index in [9.17, 15) is 14.9 Å². The van der Waals surface area contributed by atoms with Gasteiger partial charge in [0.15, 0.2) is 6.33 Å². The van der Waals surface area contributed by atoms with E-state index in [1.165, 1.54) is 0 Å². The Morgan fingerprint density at radius 1 is 1.48 bits per heavy atom. The fourth-order valence-corrected chi connectivity index (χ4v) is 1.76. The average Bonchev–Trinajstić information content (AvgIpc) is 3.00. The molecule has 0 bridgehead atoms. The van der Waals surface area contributed by atoms with E-state index in [1.54, 1.807) is 6.07 Å². The fraction of sp³-hybridized carbons (Fsp3) is 0.538. The molecule has 0 spiro atoms. The molecule has 23 heavy (non-hydrogen) atoms. The van der Waals surface area contributed by atoms with Crippen LogP contribution in [-0.2, 0) is 4.79 Å². The lowest BCUT2D eigenvalue weighted by Crippen LogP contribution is -2.31. The smallest absolute Gasteiger partial charge is 0.358 e. The molecule has 0 unspecified atom stereocenters. The summed E-state index contributed by atoms with van der Waals surface area (Å²) < 4.78 is 0. The molecule has 0 aliphatic rings. The highest BCUT2D eigenvalue weighted by Gasteiger charge is 2.16. The Hall–Kier alpha value is -2.96. The minimum atomic E-state index is -0.687. The molecule has 1 rings (SSSR count). The maximum Gasteiger partial charge on any atom is 0.366 e. The molecule has 1 amide bonds. The second-order valence-electron chi connectivity index (χ2n) is 4.71. The summed E-state index contributed by atoms with van der Waals surface area (Å²) in [7, 11) is 0. The standard InChI is InChI=1S/C13H19N7O3/c1-2-3-4-5-6-7-15-13(21)10(8-14)18-19-11-12(20(22)23)17-9-16-11/h9,19H,2-7H2,1H3,(H,15,21)(H,16,17)/b18-10+. The first-order valence-electron chi connectivity index (χ1n) is 7.29. The SMILES string of the molecule is CCCCCCCNC(=O)/C(C#N)=N/Nc1nc[nH]c1[N+](=O)[O-]. The first-order chi connectivity index (χ1) is 11.1. The van der Waals surface area contributed by atoms with Gasteiger partial charge in [0.1, 0.15) is 6.07 Å². The Morgan fingerprint density at radius 2 is 2.22 bits per heavy atom. The predicted octanol–water partition coefficient (Wildman–Crippen LogP) is 1.70. The van der Waals surface area contributed by atoms with Crippen molar-refractivity contribution in [2.24, 2.45) is 5.10 Å². The highest BCUT2D eigenvalue weighted by atomic mass is 16.6. The molecule has 0 aliphatic heterocycles. The molecule has 1 aromatic rings. The van der Waals surface area contributed by atoms with Crippen LogP contribution in [0.15, 0.2) is 11.4 Å². The zero-order valence-electron chi connectivity index (χ0n) is 12.8. The second-order valence-corrected chi connectivity index (χ2v) is 4.71. The molecule has 10 heteroatoms. The van der Waals surface area contributed by atoms with Gasteiger partial charge in [-0.1, -0.05) is 32.6 Å². The highest BCUT2D eigenvalue weighted by Crippen LogP contribution is 2.17. The summed E-state index contributed by atoms with van der Waals surface area (Å²) in [6.07, 6.45) is 6.34. The number of hydrazone groups is 1. The number of anilines is 1. The van der Waals surface area contributed by atoms with Crippen LogP contribution in [0.25, 0.3) is 0 Å². The number of aromatic amines is 1. The molecule has 10 nitrogen and oxygen atoms in total. The summed E-state index contributed by atoms with van der Waals surface area (Å²) >= 11 is 0. The molecule has 3 N–H and O–H groups in total. The highest BCUT2D eigenvalue weighted by molar-refractivity contribution is 6.45. The van der Waals surface area contributed by atoms with Crippen molar-refractivity contribution < 1.29 is 9.72 Å². The van der Waals surface area contributed by atoms with Crippen LogP contribution in [0.2, 0.25) is 0 Å². The Labute approximate surface area is 133 Å². The summed E-state index contributed by atoms with van der Waals surface area (Å²) in [4.78, 5) is 27.7. The summed E-state index contributed by atoms with van der Waals surface area (Å²) in [6.45, 7) is 2.57. The van der Waals surface area contributed by atoms with Crippen LogP contribution in [0, 0.1) is 21.4 Å². The van der Waals surface area contributed by atoms with Crippen LogP contribution in [0.5, 0.6) is 0 Å². The number of hydrogen-bond donors (Lipinski definition) is 3. The summed E-state index contributed by atoms with van der Waals surface area (Å²) in [5.41, 5.74) is 1.82. The number of rotatable bonds is 10. The third kappa shape index (κ3) is 6.13. The first kappa shape index (κ1) is 18.1.